The Morgan fingerprint density at radius 1 is 1.23 bits per heavy atom. The Bertz CT molecular complexity index is 192. The third-order valence-corrected chi connectivity index (χ3v) is 4.36. The van der Waals surface area contributed by atoms with E-state index in [2.05, 4.69) is 5.32 Å². The molecule has 0 amide bonds. The minimum Gasteiger partial charge on any atom is -0.381 e. The first-order chi connectivity index (χ1) is 6.41. The molecule has 1 aliphatic carbocycles. The van der Waals surface area contributed by atoms with Gasteiger partial charge < -0.3 is 10.1 Å². The van der Waals surface area contributed by atoms with Crippen LogP contribution < -0.4 is 5.32 Å². The van der Waals surface area contributed by atoms with E-state index in [9.17, 15) is 0 Å². The van der Waals surface area contributed by atoms with Gasteiger partial charge in [0.05, 0.1) is 0 Å². The molecule has 0 bridgehead atoms. The molecule has 0 aromatic heterocycles. The van der Waals surface area contributed by atoms with Gasteiger partial charge in [0.15, 0.2) is 0 Å². The van der Waals surface area contributed by atoms with Crippen LogP contribution in [0, 0.1) is 17.3 Å². The fraction of sp³-hybridized carbons (Fsp3) is 1.00. The maximum absolute atomic E-state index is 5.41. The van der Waals surface area contributed by atoms with Crippen LogP contribution in [0.15, 0.2) is 0 Å². The lowest BCUT2D eigenvalue weighted by Gasteiger charge is -2.23. The minimum absolute atomic E-state index is 0.752. The highest BCUT2D eigenvalue weighted by atomic mass is 16.5. The first-order valence-electron chi connectivity index (χ1n) is 5.69. The van der Waals surface area contributed by atoms with Crippen LogP contribution in [0.25, 0.3) is 0 Å². The van der Waals surface area contributed by atoms with Crippen molar-refractivity contribution in [3.8, 4) is 0 Å². The van der Waals surface area contributed by atoms with Crippen molar-refractivity contribution in [2.75, 3.05) is 26.3 Å². The van der Waals surface area contributed by atoms with Gasteiger partial charge in [-0.05, 0) is 49.5 Å². The number of hydrogen-bond acceptors (Lipinski definition) is 2. The highest BCUT2D eigenvalue weighted by molar-refractivity contribution is 5.09. The Morgan fingerprint density at radius 2 is 2.08 bits per heavy atom. The Morgan fingerprint density at radius 3 is 2.77 bits per heavy atom. The molecule has 13 heavy (non-hydrogen) atoms. The molecule has 2 unspecified atom stereocenters. The molecule has 2 aliphatic heterocycles. The van der Waals surface area contributed by atoms with Gasteiger partial charge in [-0.1, -0.05) is 0 Å². The summed E-state index contributed by atoms with van der Waals surface area (Å²) in [7, 11) is 0. The second-order valence-electron chi connectivity index (χ2n) is 5.05. The normalized spacial score (nSPS) is 45.7. The van der Waals surface area contributed by atoms with E-state index in [1.54, 1.807) is 0 Å². The molecular weight excluding hydrogens is 162 g/mol. The van der Waals surface area contributed by atoms with E-state index in [1.165, 1.54) is 38.8 Å². The average Bonchev–Trinajstić information content (AvgIpc) is 2.66. The summed E-state index contributed by atoms with van der Waals surface area (Å²) in [5.74, 6) is 2.04. The number of nitrogens with one attached hydrogen (secondary N) is 1. The van der Waals surface area contributed by atoms with E-state index in [-0.39, 0.29) is 0 Å². The predicted octanol–water partition coefficient (Wildman–Crippen LogP) is 1.41. The molecule has 0 aromatic carbocycles. The monoisotopic (exact) mass is 181 g/mol. The molecule has 1 N–H and O–H groups in total. The lowest BCUT2D eigenvalue weighted by atomic mass is 9.88. The summed E-state index contributed by atoms with van der Waals surface area (Å²) in [4.78, 5) is 0. The highest BCUT2D eigenvalue weighted by Crippen LogP contribution is 2.61. The summed E-state index contributed by atoms with van der Waals surface area (Å²) in [6.45, 7) is 4.60. The Balaban J connectivity index is 1.61. The van der Waals surface area contributed by atoms with Crippen molar-refractivity contribution in [1.82, 2.24) is 5.32 Å². The zero-order chi connectivity index (χ0) is 8.73. The molecule has 74 valence electrons. The quantitative estimate of drug-likeness (QED) is 0.660. The molecule has 3 fully saturated rings. The lowest BCUT2D eigenvalue weighted by molar-refractivity contribution is 0.0555. The van der Waals surface area contributed by atoms with Crippen molar-refractivity contribution in [2.24, 2.45) is 17.3 Å². The molecule has 2 heterocycles. The smallest absolute Gasteiger partial charge is 0.0468 e. The maximum Gasteiger partial charge on any atom is 0.0468 e. The number of ether oxygens (including phenoxy) is 1. The third-order valence-electron chi connectivity index (χ3n) is 4.36. The number of hydrogen-bond donors (Lipinski definition) is 1. The molecule has 2 nitrogen and oxygen atoms in total. The van der Waals surface area contributed by atoms with Gasteiger partial charge in [-0.3, -0.25) is 0 Å². The van der Waals surface area contributed by atoms with Crippen LogP contribution in [-0.4, -0.2) is 26.3 Å². The van der Waals surface area contributed by atoms with Crippen molar-refractivity contribution in [3.63, 3.8) is 0 Å². The van der Waals surface area contributed by atoms with Crippen LogP contribution in [0.4, 0.5) is 0 Å². The Labute approximate surface area is 80.0 Å². The zero-order valence-corrected chi connectivity index (χ0v) is 8.22. The van der Waals surface area contributed by atoms with E-state index in [0.717, 1.165) is 30.5 Å². The van der Waals surface area contributed by atoms with E-state index in [0.29, 0.717) is 0 Å². The molecule has 3 rings (SSSR count). The molecule has 2 saturated heterocycles. The molecule has 2 heteroatoms. The molecule has 0 radical (unpaired) electrons. The van der Waals surface area contributed by atoms with E-state index < -0.39 is 0 Å². The largest absolute Gasteiger partial charge is 0.381 e. The van der Waals surface area contributed by atoms with Gasteiger partial charge in [-0.25, -0.2) is 0 Å². The third kappa shape index (κ3) is 1.31. The van der Waals surface area contributed by atoms with Crippen molar-refractivity contribution < 1.29 is 4.74 Å². The maximum atomic E-state index is 5.41. The summed E-state index contributed by atoms with van der Waals surface area (Å²) in [5, 5.41) is 3.51. The summed E-state index contributed by atoms with van der Waals surface area (Å²) in [6.07, 6.45) is 5.60. The molecule has 1 spiro atoms. The summed E-state index contributed by atoms with van der Waals surface area (Å²) in [5.41, 5.74) is 0.752. The molecule has 3 aliphatic rings. The van der Waals surface area contributed by atoms with Gasteiger partial charge in [0, 0.05) is 19.8 Å². The summed E-state index contributed by atoms with van der Waals surface area (Å²) in [6, 6.07) is 0. The summed E-state index contributed by atoms with van der Waals surface area (Å²) >= 11 is 0. The van der Waals surface area contributed by atoms with Gasteiger partial charge in [0.1, 0.15) is 0 Å². The standard InChI is InChI=1S/C11H19NO/c1-5-13-6-2-9(1)10-7-11(10)3-4-12-8-11/h9-10,12H,1-8H2. The van der Waals surface area contributed by atoms with Crippen LogP contribution in [0.1, 0.15) is 25.7 Å². The van der Waals surface area contributed by atoms with Gasteiger partial charge in [-0.15, -0.1) is 0 Å². The van der Waals surface area contributed by atoms with Crippen LogP contribution in [0.3, 0.4) is 0 Å². The van der Waals surface area contributed by atoms with E-state index >= 15 is 0 Å². The lowest BCUT2D eigenvalue weighted by Crippen LogP contribution is -2.21. The summed E-state index contributed by atoms with van der Waals surface area (Å²) < 4.78 is 5.41. The minimum atomic E-state index is 0.752. The zero-order valence-electron chi connectivity index (χ0n) is 8.22. The molecule has 0 aromatic rings. The Hall–Kier alpha value is -0.0800. The topological polar surface area (TPSA) is 21.3 Å². The van der Waals surface area contributed by atoms with Gasteiger partial charge in [-0.2, -0.15) is 0 Å². The highest BCUT2D eigenvalue weighted by Gasteiger charge is 2.57. The van der Waals surface area contributed by atoms with Crippen LogP contribution in [0.5, 0.6) is 0 Å². The van der Waals surface area contributed by atoms with Crippen molar-refractivity contribution >= 4 is 0 Å². The average molecular weight is 181 g/mol. The fourth-order valence-electron chi connectivity index (χ4n) is 3.42. The fourth-order valence-corrected chi connectivity index (χ4v) is 3.42. The van der Waals surface area contributed by atoms with Crippen molar-refractivity contribution in [3.05, 3.63) is 0 Å². The van der Waals surface area contributed by atoms with Crippen LogP contribution in [0.2, 0.25) is 0 Å². The van der Waals surface area contributed by atoms with Crippen LogP contribution >= 0.6 is 0 Å². The van der Waals surface area contributed by atoms with Gasteiger partial charge in [0.25, 0.3) is 0 Å². The number of rotatable bonds is 1. The van der Waals surface area contributed by atoms with Crippen molar-refractivity contribution in [1.29, 1.82) is 0 Å². The van der Waals surface area contributed by atoms with Crippen molar-refractivity contribution in [2.45, 2.75) is 25.7 Å². The predicted molar refractivity (Wildman–Crippen MR) is 51.6 cm³/mol. The van der Waals surface area contributed by atoms with E-state index in [4.69, 9.17) is 4.74 Å². The van der Waals surface area contributed by atoms with Crippen LogP contribution in [-0.2, 0) is 4.74 Å². The first-order valence-corrected chi connectivity index (χ1v) is 5.69. The first kappa shape index (κ1) is 8.25. The van der Waals surface area contributed by atoms with Gasteiger partial charge in [0.2, 0.25) is 0 Å². The van der Waals surface area contributed by atoms with Gasteiger partial charge >= 0.3 is 0 Å². The second-order valence-corrected chi connectivity index (χ2v) is 5.05. The molecule has 2 atom stereocenters. The van der Waals surface area contributed by atoms with E-state index in [1.807, 2.05) is 0 Å². The molecular formula is C11H19NO. The Kier molecular flexibility index (Phi) is 1.88. The second kappa shape index (κ2) is 2.96. The molecule has 1 saturated carbocycles. The SMILES string of the molecule is C1CC2(CN1)CC2C1CCOCC1.